The van der Waals surface area contributed by atoms with E-state index >= 15 is 0 Å². The summed E-state index contributed by atoms with van der Waals surface area (Å²) < 4.78 is 10.6. The Balaban J connectivity index is 2.26. The summed E-state index contributed by atoms with van der Waals surface area (Å²) in [7, 11) is 0. The molecule has 0 amide bonds. The van der Waals surface area contributed by atoms with Crippen LogP contribution < -0.4 is 4.74 Å². The zero-order valence-corrected chi connectivity index (χ0v) is 14.2. The fourth-order valence-corrected chi connectivity index (χ4v) is 2.62. The summed E-state index contributed by atoms with van der Waals surface area (Å²) in [5.41, 5.74) is 5.06. The number of hydrogen-bond acceptors (Lipinski definition) is 5. The van der Waals surface area contributed by atoms with Crippen molar-refractivity contribution in [2.75, 3.05) is 13.2 Å². The van der Waals surface area contributed by atoms with Crippen LogP contribution in [-0.4, -0.2) is 19.2 Å². The van der Waals surface area contributed by atoms with E-state index in [4.69, 9.17) is 9.47 Å². The number of benzene rings is 2. The molecule has 0 N–H and O–H groups in total. The van der Waals surface area contributed by atoms with Crippen molar-refractivity contribution in [3.63, 3.8) is 0 Å². The van der Waals surface area contributed by atoms with Crippen LogP contribution in [-0.2, 0) is 16.1 Å². The van der Waals surface area contributed by atoms with Gasteiger partial charge in [-0.3, -0.25) is 4.79 Å². The lowest BCUT2D eigenvalue weighted by molar-refractivity contribution is -0.141. The topological polar surface area (TPSA) is 65.0 Å². The van der Waals surface area contributed by atoms with Crippen molar-refractivity contribution in [3.8, 4) is 16.9 Å². The third-order valence-electron chi connectivity index (χ3n) is 3.90. The molecule has 0 heterocycles. The van der Waals surface area contributed by atoms with Crippen LogP contribution in [0.3, 0.4) is 0 Å². The second-order valence-corrected chi connectivity index (χ2v) is 5.49. The van der Waals surface area contributed by atoms with Gasteiger partial charge in [0.05, 0.1) is 0 Å². The molecule has 0 fully saturated rings. The quantitative estimate of drug-likeness (QED) is 0.435. The van der Waals surface area contributed by atoms with E-state index in [1.54, 1.807) is 0 Å². The van der Waals surface area contributed by atoms with Crippen LogP contribution in [0.25, 0.3) is 11.1 Å². The van der Waals surface area contributed by atoms with E-state index in [0.29, 0.717) is 6.61 Å². The van der Waals surface area contributed by atoms with Gasteiger partial charge in [0.25, 0.3) is 0 Å². The molecule has 0 aliphatic heterocycles. The summed E-state index contributed by atoms with van der Waals surface area (Å²) in [5, 5.41) is 2.99. The van der Waals surface area contributed by atoms with Crippen LogP contribution in [0.2, 0.25) is 0 Å². The largest absolute Gasteiger partial charge is 0.490 e. The lowest BCUT2D eigenvalue weighted by Gasteiger charge is -2.15. The Kier molecular flexibility index (Phi) is 6.07. The molecule has 2 rings (SSSR count). The average Bonchev–Trinajstić information content (AvgIpc) is 2.55. The number of esters is 1. The van der Waals surface area contributed by atoms with Gasteiger partial charge < -0.3 is 9.47 Å². The Bertz CT molecular complexity index is 740. The van der Waals surface area contributed by atoms with Gasteiger partial charge in [-0.25, -0.2) is 0 Å². The van der Waals surface area contributed by atoms with Crippen LogP contribution in [0.1, 0.15) is 23.6 Å². The van der Waals surface area contributed by atoms with E-state index < -0.39 is 0 Å². The molecule has 24 heavy (non-hydrogen) atoms. The molecular weight excluding hydrogens is 306 g/mol. The van der Waals surface area contributed by atoms with Gasteiger partial charge in [-0.05, 0) is 47.7 Å². The van der Waals surface area contributed by atoms with E-state index in [9.17, 15) is 9.70 Å². The summed E-state index contributed by atoms with van der Waals surface area (Å²) in [6, 6.07) is 11.7. The Hall–Kier alpha value is -2.69. The zero-order chi connectivity index (χ0) is 17.5. The van der Waals surface area contributed by atoms with Crippen molar-refractivity contribution in [2.24, 2.45) is 5.18 Å². The normalized spacial score (nSPS) is 10.3. The molecule has 2 aromatic rings. The summed E-state index contributed by atoms with van der Waals surface area (Å²) in [5.74, 6) is 0.429. The summed E-state index contributed by atoms with van der Waals surface area (Å²) in [4.78, 5) is 21.4. The minimum absolute atomic E-state index is 0.164. The smallest absolute Gasteiger partial charge is 0.302 e. The Morgan fingerprint density at radius 1 is 1.00 bits per heavy atom. The molecule has 0 spiro atoms. The van der Waals surface area contributed by atoms with Crippen molar-refractivity contribution < 1.29 is 14.3 Å². The van der Waals surface area contributed by atoms with Gasteiger partial charge in [-0.15, -0.1) is 0 Å². The van der Waals surface area contributed by atoms with Crippen molar-refractivity contribution in [2.45, 2.75) is 27.3 Å². The first kappa shape index (κ1) is 17.7. The van der Waals surface area contributed by atoms with Crippen LogP contribution in [0, 0.1) is 18.8 Å². The highest BCUT2D eigenvalue weighted by molar-refractivity contribution is 5.73. The summed E-state index contributed by atoms with van der Waals surface area (Å²) in [6.45, 7) is 6.04. The number of ether oxygens (including phenoxy) is 2. The molecule has 0 saturated heterocycles. The Morgan fingerprint density at radius 2 is 1.67 bits per heavy atom. The predicted octanol–water partition coefficient (Wildman–Crippen LogP) is 4.18. The van der Waals surface area contributed by atoms with Crippen LogP contribution in [0.4, 0.5) is 0 Å². The Morgan fingerprint density at radius 3 is 2.33 bits per heavy atom. The second kappa shape index (κ2) is 8.24. The van der Waals surface area contributed by atoms with E-state index in [1.807, 2.05) is 50.2 Å². The minimum atomic E-state index is -0.319. The maximum Gasteiger partial charge on any atom is 0.302 e. The molecule has 0 aromatic heterocycles. The molecule has 0 saturated carbocycles. The monoisotopic (exact) mass is 327 g/mol. The number of carbonyl (C=O) groups excluding carboxylic acids is 1. The minimum Gasteiger partial charge on any atom is -0.490 e. The summed E-state index contributed by atoms with van der Waals surface area (Å²) >= 11 is 0. The van der Waals surface area contributed by atoms with E-state index in [2.05, 4.69) is 5.18 Å². The van der Waals surface area contributed by atoms with Crippen molar-refractivity contribution in [1.82, 2.24) is 0 Å². The van der Waals surface area contributed by atoms with Crippen LogP contribution >= 0.6 is 0 Å². The molecule has 126 valence electrons. The first-order valence-electron chi connectivity index (χ1n) is 7.78. The summed E-state index contributed by atoms with van der Waals surface area (Å²) in [6.07, 6.45) is 0. The molecule has 5 nitrogen and oxygen atoms in total. The van der Waals surface area contributed by atoms with Gasteiger partial charge in [0, 0.05) is 6.92 Å². The lowest BCUT2D eigenvalue weighted by atomic mass is 9.93. The number of nitrogens with zero attached hydrogens (tertiary/aromatic N) is 1. The fraction of sp³-hybridized carbons (Fsp3) is 0.316. The van der Waals surface area contributed by atoms with E-state index in [1.165, 1.54) is 6.92 Å². The average molecular weight is 327 g/mol. The third kappa shape index (κ3) is 4.19. The van der Waals surface area contributed by atoms with Gasteiger partial charge in [-0.1, -0.05) is 35.5 Å². The van der Waals surface area contributed by atoms with Crippen molar-refractivity contribution in [3.05, 3.63) is 58.0 Å². The van der Waals surface area contributed by atoms with Gasteiger partial charge >= 0.3 is 5.97 Å². The number of carbonyl (C=O) groups is 1. The lowest BCUT2D eigenvalue weighted by Crippen LogP contribution is -2.10. The van der Waals surface area contributed by atoms with E-state index in [-0.39, 0.29) is 19.1 Å². The van der Waals surface area contributed by atoms with Gasteiger partial charge in [-0.2, -0.15) is 4.91 Å². The molecule has 2 aromatic carbocycles. The highest BCUT2D eigenvalue weighted by atomic mass is 16.6. The molecule has 0 unspecified atom stereocenters. The standard InChI is InChI=1S/C19H21NO4/c1-13-16(12-20-22)6-4-7-17(13)18-8-5-9-19(14(18)2)24-11-10-23-15(3)21/h4-9H,10-12H2,1-3H3. The third-order valence-corrected chi connectivity index (χ3v) is 3.90. The highest BCUT2D eigenvalue weighted by Crippen LogP contribution is 2.33. The van der Waals surface area contributed by atoms with Crippen LogP contribution in [0.15, 0.2) is 41.6 Å². The van der Waals surface area contributed by atoms with Crippen molar-refractivity contribution >= 4 is 5.97 Å². The first-order valence-corrected chi connectivity index (χ1v) is 7.78. The Labute approximate surface area is 141 Å². The number of hydrogen-bond donors (Lipinski definition) is 0. The molecule has 0 radical (unpaired) electrons. The number of rotatable bonds is 7. The molecule has 0 aliphatic carbocycles. The molecule has 0 aliphatic rings. The first-order chi connectivity index (χ1) is 11.5. The second-order valence-electron chi connectivity index (χ2n) is 5.49. The molecule has 5 heteroatoms. The van der Waals surface area contributed by atoms with Gasteiger partial charge in [0.15, 0.2) is 0 Å². The fourth-order valence-electron chi connectivity index (χ4n) is 2.62. The number of nitroso groups, excluding NO2 is 1. The van der Waals surface area contributed by atoms with Gasteiger partial charge in [0.2, 0.25) is 0 Å². The van der Waals surface area contributed by atoms with E-state index in [0.717, 1.165) is 33.6 Å². The molecule has 0 bridgehead atoms. The predicted molar refractivity (Wildman–Crippen MR) is 93.0 cm³/mol. The molecular formula is C19H21NO4. The van der Waals surface area contributed by atoms with Crippen LogP contribution in [0.5, 0.6) is 5.75 Å². The SMILES string of the molecule is CC(=O)OCCOc1cccc(-c2cccc(CN=O)c2C)c1C. The maximum atomic E-state index is 10.8. The maximum absolute atomic E-state index is 10.8. The van der Waals surface area contributed by atoms with Gasteiger partial charge in [0.1, 0.15) is 25.5 Å². The zero-order valence-electron chi connectivity index (χ0n) is 14.2. The highest BCUT2D eigenvalue weighted by Gasteiger charge is 2.11. The van der Waals surface area contributed by atoms with Crippen molar-refractivity contribution in [1.29, 1.82) is 0 Å². The molecule has 0 atom stereocenters.